The zero-order valence-electron chi connectivity index (χ0n) is 12.1. The summed E-state index contributed by atoms with van der Waals surface area (Å²) < 4.78 is 22.8. The molecule has 1 aromatic heterocycles. The quantitative estimate of drug-likeness (QED) is 0.675. The van der Waals surface area contributed by atoms with Crippen LogP contribution in [0.5, 0.6) is 0 Å². The van der Waals surface area contributed by atoms with E-state index in [4.69, 9.17) is 0 Å². The van der Waals surface area contributed by atoms with E-state index in [1.165, 1.54) is 24.3 Å². The Morgan fingerprint density at radius 2 is 1.65 bits per heavy atom. The summed E-state index contributed by atoms with van der Waals surface area (Å²) in [7, 11) is -3.30. The first-order chi connectivity index (χ1) is 10.8. The van der Waals surface area contributed by atoms with E-state index in [0.29, 0.717) is 22.3 Å². The fraction of sp³-hybridized carbons (Fsp3) is 0.0667. The Balaban J connectivity index is 1.83. The third kappa shape index (κ3) is 3.16. The van der Waals surface area contributed by atoms with Crippen LogP contribution in [0.4, 0.5) is 5.69 Å². The standard InChI is InChI=1S/C15H13N3O4S/c1-23(21,22)11-5-2-9(3-6-11)14(19)16-10-4-7-12-13(8-10)18-15(20)17-12/h2-8H,1H3,(H,16,19)(H2,17,18,20). The van der Waals surface area contributed by atoms with Crippen molar-refractivity contribution in [1.82, 2.24) is 9.97 Å². The zero-order valence-corrected chi connectivity index (χ0v) is 12.9. The Bertz CT molecular complexity index is 1050. The van der Waals surface area contributed by atoms with Crippen molar-refractivity contribution >= 4 is 32.5 Å². The number of carbonyl (C=O) groups excluding carboxylic acids is 1. The van der Waals surface area contributed by atoms with Gasteiger partial charge in [0.15, 0.2) is 9.84 Å². The van der Waals surface area contributed by atoms with Gasteiger partial charge in [0.2, 0.25) is 0 Å². The highest BCUT2D eigenvalue weighted by Crippen LogP contribution is 2.16. The molecule has 0 saturated heterocycles. The van der Waals surface area contributed by atoms with Gasteiger partial charge in [-0.05, 0) is 42.5 Å². The van der Waals surface area contributed by atoms with Gasteiger partial charge in [-0.3, -0.25) is 4.79 Å². The molecule has 0 unspecified atom stereocenters. The summed E-state index contributed by atoms with van der Waals surface area (Å²) in [6, 6.07) is 10.6. The van der Waals surface area contributed by atoms with Crippen LogP contribution in [0.1, 0.15) is 10.4 Å². The van der Waals surface area contributed by atoms with Crippen molar-refractivity contribution < 1.29 is 13.2 Å². The van der Waals surface area contributed by atoms with Gasteiger partial charge in [-0.2, -0.15) is 0 Å². The number of sulfone groups is 1. The number of aromatic nitrogens is 2. The molecule has 23 heavy (non-hydrogen) atoms. The van der Waals surface area contributed by atoms with Crippen molar-refractivity contribution in [2.24, 2.45) is 0 Å². The maximum atomic E-state index is 12.2. The van der Waals surface area contributed by atoms with Crippen LogP contribution in [0.15, 0.2) is 52.2 Å². The second kappa shape index (κ2) is 5.40. The van der Waals surface area contributed by atoms with E-state index in [-0.39, 0.29) is 16.5 Å². The molecule has 0 aliphatic rings. The Labute approximate surface area is 131 Å². The first kappa shape index (κ1) is 15.0. The highest BCUT2D eigenvalue weighted by atomic mass is 32.2. The van der Waals surface area contributed by atoms with Gasteiger partial charge < -0.3 is 15.3 Å². The Kier molecular flexibility index (Phi) is 3.53. The van der Waals surface area contributed by atoms with Crippen LogP contribution in [0, 0.1) is 0 Å². The minimum atomic E-state index is -3.30. The van der Waals surface area contributed by atoms with E-state index < -0.39 is 9.84 Å². The topological polar surface area (TPSA) is 112 Å². The number of anilines is 1. The number of fused-ring (bicyclic) bond motifs is 1. The molecule has 8 heteroatoms. The SMILES string of the molecule is CS(=O)(=O)c1ccc(C(=O)Nc2ccc3[nH]c(=O)[nH]c3c2)cc1. The molecule has 118 valence electrons. The lowest BCUT2D eigenvalue weighted by atomic mass is 10.2. The zero-order chi connectivity index (χ0) is 16.6. The molecule has 3 N–H and O–H groups in total. The molecular weight excluding hydrogens is 318 g/mol. The van der Waals surface area contributed by atoms with Crippen LogP contribution in [-0.4, -0.2) is 30.5 Å². The number of imidazole rings is 1. The molecule has 3 aromatic rings. The molecule has 3 rings (SSSR count). The van der Waals surface area contributed by atoms with Crippen molar-refractivity contribution in [1.29, 1.82) is 0 Å². The lowest BCUT2D eigenvalue weighted by Gasteiger charge is -2.06. The largest absolute Gasteiger partial charge is 0.323 e. The number of rotatable bonds is 3. The number of hydrogen-bond donors (Lipinski definition) is 3. The second-order valence-electron chi connectivity index (χ2n) is 5.09. The van der Waals surface area contributed by atoms with E-state index in [0.717, 1.165) is 6.26 Å². The van der Waals surface area contributed by atoms with Crippen LogP contribution < -0.4 is 11.0 Å². The fourth-order valence-corrected chi connectivity index (χ4v) is 2.80. The van der Waals surface area contributed by atoms with Gasteiger partial charge in [0.25, 0.3) is 5.91 Å². The number of aromatic amines is 2. The summed E-state index contributed by atoms with van der Waals surface area (Å²) in [4.78, 5) is 28.8. The molecule has 0 spiro atoms. The van der Waals surface area contributed by atoms with Crippen molar-refractivity contribution in [3.8, 4) is 0 Å². The number of benzene rings is 2. The van der Waals surface area contributed by atoms with E-state index in [2.05, 4.69) is 15.3 Å². The normalized spacial score (nSPS) is 11.5. The van der Waals surface area contributed by atoms with Gasteiger partial charge in [-0.25, -0.2) is 13.2 Å². The van der Waals surface area contributed by atoms with Gasteiger partial charge >= 0.3 is 5.69 Å². The predicted molar refractivity (Wildman–Crippen MR) is 86.4 cm³/mol. The second-order valence-corrected chi connectivity index (χ2v) is 7.11. The number of carbonyl (C=O) groups is 1. The van der Waals surface area contributed by atoms with Crippen molar-refractivity contribution in [3.05, 3.63) is 58.5 Å². The Hall–Kier alpha value is -2.87. The Morgan fingerprint density at radius 3 is 2.30 bits per heavy atom. The number of H-pyrrole nitrogens is 2. The van der Waals surface area contributed by atoms with Gasteiger partial charge in [-0.15, -0.1) is 0 Å². The molecule has 0 atom stereocenters. The lowest BCUT2D eigenvalue weighted by Crippen LogP contribution is -2.12. The maximum absolute atomic E-state index is 12.2. The van der Waals surface area contributed by atoms with E-state index in [9.17, 15) is 18.0 Å². The summed E-state index contributed by atoms with van der Waals surface area (Å²) in [5.74, 6) is -0.373. The summed E-state index contributed by atoms with van der Waals surface area (Å²) in [5.41, 5.74) is 1.76. The minimum absolute atomic E-state index is 0.153. The number of nitrogens with one attached hydrogen (secondary N) is 3. The predicted octanol–water partition coefficient (Wildman–Crippen LogP) is 1.51. The Morgan fingerprint density at radius 1 is 1.00 bits per heavy atom. The average molecular weight is 331 g/mol. The third-order valence-corrected chi connectivity index (χ3v) is 4.45. The molecule has 0 aliphatic carbocycles. The van der Waals surface area contributed by atoms with E-state index >= 15 is 0 Å². The average Bonchev–Trinajstić information content (AvgIpc) is 2.86. The molecule has 1 amide bonds. The number of hydrogen-bond acceptors (Lipinski definition) is 4. The molecule has 0 aliphatic heterocycles. The van der Waals surface area contributed by atoms with Crippen LogP contribution in [0.25, 0.3) is 11.0 Å². The number of amides is 1. The summed E-state index contributed by atoms with van der Waals surface area (Å²) >= 11 is 0. The van der Waals surface area contributed by atoms with Crippen molar-refractivity contribution in [2.45, 2.75) is 4.90 Å². The maximum Gasteiger partial charge on any atom is 0.323 e. The van der Waals surface area contributed by atoms with Crippen LogP contribution >= 0.6 is 0 Å². The van der Waals surface area contributed by atoms with Crippen LogP contribution in [0.3, 0.4) is 0 Å². The van der Waals surface area contributed by atoms with E-state index in [1.54, 1.807) is 18.2 Å². The molecule has 2 aromatic carbocycles. The lowest BCUT2D eigenvalue weighted by molar-refractivity contribution is 0.102. The summed E-state index contributed by atoms with van der Waals surface area (Å²) in [5, 5.41) is 2.69. The molecular formula is C15H13N3O4S. The van der Waals surface area contributed by atoms with Crippen LogP contribution in [-0.2, 0) is 9.84 Å². The minimum Gasteiger partial charge on any atom is -0.322 e. The van der Waals surface area contributed by atoms with Crippen molar-refractivity contribution in [3.63, 3.8) is 0 Å². The molecule has 1 heterocycles. The third-order valence-electron chi connectivity index (χ3n) is 3.32. The first-order valence-corrected chi connectivity index (χ1v) is 8.55. The van der Waals surface area contributed by atoms with Gasteiger partial charge in [0, 0.05) is 17.5 Å². The summed E-state index contributed by atoms with van der Waals surface area (Å²) in [6.45, 7) is 0. The van der Waals surface area contributed by atoms with Gasteiger partial charge in [-0.1, -0.05) is 0 Å². The molecule has 0 radical (unpaired) electrons. The highest BCUT2D eigenvalue weighted by molar-refractivity contribution is 7.90. The van der Waals surface area contributed by atoms with E-state index in [1.807, 2.05) is 0 Å². The van der Waals surface area contributed by atoms with Gasteiger partial charge in [0.1, 0.15) is 0 Å². The summed E-state index contributed by atoms with van der Waals surface area (Å²) in [6.07, 6.45) is 1.11. The molecule has 0 saturated carbocycles. The smallest absolute Gasteiger partial charge is 0.322 e. The molecule has 7 nitrogen and oxygen atoms in total. The molecule has 0 fully saturated rings. The fourth-order valence-electron chi connectivity index (χ4n) is 2.17. The van der Waals surface area contributed by atoms with Gasteiger partial charge in [0.05, 0.1) is 15.9 Å². The highest BCUT2D eigenvalue weighted by Gasteiger charge is 2.10. The molecule has 0 bridgehead atoms. The van der Waals surface area contributed by atoms with Crippen molar-refractivity contribution in [2.75, 3.05) is 11.6 Å². The first-order valence-electron chi connectivity index (χ1n) is 6.66. The monoisotopic (exact) mass is 331 g/mol. The van der Waals surface area contributed by atoms with Crippen LogP contribution in [0.2, 0.25) is 0 Å².